The summed E-state index contributed by atoms with van der Waals surface area (Å²) in [7, 11) is 0. The minimum Gasteiger partial charge on any atom is -0.456 e. The molecule has 0 fully saturated rings. The molecule has 1 N–H and O–H groups in total. The molecule has 1 aromatic rings. The van der Waals surface area contributed by atoms with E-state index in [9.17, 15) is 14.0 Å². The molecule has 6 heteroatoms. The van der Waals surface area contributed by atoms with E-state index in [0.717, 1.165) is 6.07 Å². The number of ether oxygens (including phenoxy) is 1. The lowest BCUT2D eigenvalue weighted by atomic mass is 10.2. The highest BCUT2D eigenvalue weighted by Crippen LogP contribution is 2.21. The Bertz CT molecular complexity index is 619. The molecule has 0 aliphatic carbocycles. The first-order valence-electron chi connectivity index (χ1n) is 6.09. The summed E-state index contributed by atoms with van der Waals surface area (Å²) in [4.78, 5) is 22.5. The van der Waals surface area contributed by atoms with Crippen LogP contribution in [0.5, 0.6) is 0 Å². The van der Waals surface area contributed by atoms with Crippen molar-refractivity contribution < 1.29 is 18.7 Å². The molecule has 4 nitrogen and oxygen atoms in total. The smallest absolute Gasteiger partial charge is 0.291 e. The van der Waals surface area contributed by atoms with Crippen LogP contribution in [-0.4, -0.2) is 12.2 Å². The van der Waals surface area contributed by atoms with Crippen LogP contribution in [0.4, 0.5) is 10.1 Å². The fraction of sp³-hybridized carbons (Fsp3) is 0.200. The zero-order valence-electron chi connectivity index (χ0n) is 11.9. The average Bonchev–Trinajstić information content (AvgIpc) is 2.40. The van der Waals surface area contributed by atoms with Crippen LogP contribution in [-0.2, 0) is 14.3 Å². The van der Waals surface area contributed by atoms with Gasteiger partial charge in [0.05, 0.1) is 5.02 Å². The predicted molar refractivity (Wildman–Crippen MR) is 79.3 cm³/mol. The summed E-state index contributed by atoms with van der Waals surface area (Å²) in [5, 5.41) is 2.46. The van der Waals surface area contributed by atoms with Gasteiger partial charge in [-0.25, -0.2) is 4.39 Å². The van der Waals surface area contributed by atoms with Crippen LogP contribution < -0.4 is 5.32 Å². The maximum Gasteiger partial charge on any atom is 0.291 e. The first kappa shape index (κ1) is 16.9. The van der Waals surface area contributed by atoms with Crippen LogP contribution in [0.3, 0.4) is 0 Å². The second kappa shape index (κ2) is 7.59. The third-order valence-electron chi connectivity index (χ3n) is 2.40. The van der Waals surface area contributed by atoms with Crippen molar-refractivity contribution in [2.45, 2.75) is 20.8 Å². The summed E-state index contributed by atoms with van der Waals surface area (Å²) in [6.07, 6.45) is 1.76. The first-order valence-corrected chi connectivity index (χ1v) is 6.46. The lowest BCUT2D eigenvalue weighted by Crippen LogP contribution is -2.17. The van der Waals surface area contributed by atoms with E-state index in [1.807, 2.05) is 0 Å². The number of anilines is 1. The minimum atomic E-state index is -0.571. The van der Waals surface area contributed by atoms with Gasteiger partial charge in [-0.15, -0.1) is 0 Å². The van der Waals surface area contributed by atoms with Gasteiger partial charge >= 0.3 is 0 Å². The average molecular weight is 312 g/mol. The second-order valence-corrected chi connectivity index (χ2v) is 4.83. The van der Waals surface area contributed by atoms with Crippen molar-refractivity contribution >= 4 is 29.5 Å². The van der Waals surface area contributed by atoms with E-state index in [4.69, 9.17) is 16.3 Å². The maximum atomic E-state index is 13.1. The van der Waals surface area contributed by atoms with Gasteiger partial charge in [-0.1, -0.05) is 11.6 Å². The molecule has 1 aromatic carbocycles. The lowest BCUT2D eigenvalue weighted by molar-refractivity contribution is -0.115. The molecular weight excluding hydrogens is 297 g/mol. The van der Waals surface area contributed by atoms with Crippen molar-refractivity contribution in [2.24, 2.45) is 0 Å². The molecular formula is C15H15ClFNO3. The number of nitrogens with one attached hydrogen (secondary N) is 1. The van der Waals surface area contributed by atoms with Gasteiger partial charge in [-0.2, -0.15) is 0 Å². The van der Waals surface area contributed by atoms with E-state index in [1.165, 1.54) is 18.2 Å². The molecule has 0 saturated carbocycles. The zero-order chi connectivity index (χ0) is 16.0. The van der Waals surface area contributed by atoms with E-state index < -0.39 is 11.7 Å². The van der Waals surface area contributed by atoms with Gasteiger partial charge in [-0.3, -0.25) is 9.59 Å². The molecule has 0 aliphatic rings. The van der Waals surface area contributed by atoms with Gasteiger partial charge in [0, 0.05) is 11.8 Å². The standard InChI is InChI=1S/C15H15ClFNO3/c1-9(2)14(21-10(3)6-7-19)15(20)18-11-4-5-13(17)12(16)8-11/h4-8H,1-3H3,(H,18,20)/b10-6+. The van der Waals surface area contributed by atoms with Crippen molar-refractivity contribution in [2.75, 3.05) is 5.32 Å². The number of benzene rings is 1. The van der Waals surface area contributed by atoms with Crippen LogP contribution in [0.25, 0.3) is 0 Å². The molecule has 0 heterocycles. The number of rotatable bonds is 5. The molecule has 0 bridgehead atoms. The molecule has 0 aliphatic heterocycles. The van der Waals surface area contributed by atoms with Crippen LogP contribution in [0.2, 0.25) is 5.02 Å². The highest BCUT2D eigenvalue weighted by molar-refractivity contribution is 6.31. The highest BCUT2D eigenvalue weighted by Gasteiger charge is 2.15. The number of carbonyl (C=O) groups is 2. The normalized spacial score (nSPS) is 10.8. The highest BCUT2D eigenvalue weighted by atomic mass is 35.5. The Morgan fingerprint density at radius 1 is 1.33 bits per heavy atom. The van der Waals surface area contributed by atoms with Crippen molar-refractivity contribution in [1.82, 2.24) is 0 Å². The van der Waals surface area contributed by atoms with Crippen LogP contribution >= 0.6 is 11.6 Å². The Hall–Kier alpha value is -2.14. The van der Waals surface area contributed by atoms with Crippen LogP contribution in [0.1, 0.15) is 20.8 Å². The van der Waals surface area contributed by atoms with Gasteiger partial charge in [0.2, 0.25) is 0 Å². The van der Waals surface area contributed by atoms with Crippen molar-refractivity contribution in [3.63, 3.8) is 0 Å². The fourth-order valence-corrected chi connectivity index (χ4v) is 1.61. The summed E-state index contributed by atoms with van der Waals surface area (Å²) in [5.41, 5.74) is 0.963. The Morgan fingerprint density at radius 3 is 2.52 bits per heavy atom. The molecule has 21 heavy (non-hydrogen) atoms. The molecule has 0 atom stereocenters. The summed E-state index contributed by atoms with van der Waals surface area (Å²) >= 11 is 5.65. The van der Waals surface area contributed by atoms with Crippen molar-refractivity contribution in [1.29, 1.82) is 0 Å². The number of halogens is 2. The number of amides is 1. The van der Waals surface area contributed by atoms with Crippen molar-refractivity contribution in [3.8, 4) is 0 Å². The number of hydrogen-bond acceptors (Lipinski definition) is 3. The number of carbonyl (C=O) groups excluding carboxylic acids is 2. The van der Waals surface area contributed by atoms with Gasteiger partial charge in [0.1, 0.15) is 17.9 Å². The van der Waals surface area contributed by atoms with Gasteiger partial charge in [0.15, 0.2) is 5.76 Å². The SMILES string of the molecule is CC(C)=C(O/C(C)=C/C=O)C(=O)Nc1ccc(F)c(Cl)c1. The number of aldehydes is 1. The summed E-state index contributed by atoms with van der Waals surface area (Å²) < 4.78 is 18.4. The third-order valence-corrected chi connectivity index (χ3v) is 2.69. The van der Waals surface area contributed by atoms with E-state index in [0.29, 0.717) is 17.5 Å². The topological polar surface area (TPSA) is 55.4 Å². The van der Waals surface area contributed by atoms with E-state index in [-0.39, 0.29) is 16.5 Å². The van der Waals surface area contributed by atoms with E-state index in [2.05, 4.69) is 5.32 Å². The van der Waals surface area contributed by atoms with Crippen molar-refractivity contribution in [3.05, 3.63) is 52.2 Å². The monoisotopic (exact) mass is 311 g/mol. The minimum absolute atomic E-state index is 0.0612. The van der Waals surface area contributed by atoms with E-state index in [1.54, 1.807) is 20.8 Å². The number of allylic oxidation sites excluding steroid dienone is 3. The molecule has 0 unspecified atom stereocenters. The Kier molecular flexibility index (Phi) is 6.11. The second-order valence-electron chi connectivity index (χ2n) is 4.43. The molecule has 1 rings (SSSR count). The van der Waals surface area contributed by atoms with Crippen LogP contribution in [0, 0.1) is 5.82 Å². The Morgan fingerprint density at radius 2 is 2.00 bits per heavy atom. The largest absolute Gasteiger partial charge is 0.456 e. The zero-order valence-corrected chi connectivity index (χ0v) is 12.6. The molecule has 0 aromatic heterocycles. The molecule has 0 saturated heterocycles. The first-order chi connectivity index (χ1) is 9.85. The van der Waals surface area contributed by atoms with Gasteiger partial charge in [-0.05, 0) is 44.5 Å². The summed E-state index contributed by atoms with van der Waals surface area (Å²) in [5.74, 6) is -0.742. The van der Waals surface area contributed by atoms with Gasteiger partial charge < -0.3 is 10.1 Å². The van der Waals surface area contributed by atoms with Gasteiger partial charge in [0.25, 0.3) is 5.91 Å². The molecule has 112 valence electrons. The summed E-state index contributed by atoms with van der Waals surface area (Å²) in [6.45, 7) is 4.95. The lowest BCUT2D eigenvalue weighted by Gasteiger charge is -2.12. The molecule has 0 radical (unpaired) electrons. The Balaban J connectivity index is 2.93. The number of hydrogen-bond donors (Lipinski definition) is 1. The molecule has 1 amide bonds. The summed E-state index contributed by atoms with van der Waals surface area (Å²) in [6, 6.07) is 3.83. The molecule has 0 spiro atoms. The Labute approximate surface area is 127 Å². The quantitative estimate of drug-likeness (QED) is 0.511. The maximum absolute atomic E-state index is 13.1. The van der Waals surface area contributed by atoms with Crippen LogP contribution in [0.15, 0.2) is 41.4 Å². The predicted octanol–water partition coefficient (Wildman–Crippen LogP) is 3.83. The third kappa shape index (κ3) is 5.04. The fourth-order valence-electron chi connectivity index (χ4n) is 1.43. The van der Waals surface area contributed by atoms with E-state index >= 15 is 0 Å².